The summed E-state index contributed by atoms with van der Waals surface area (Å²) >= 11 is 0. The van der Waals surface area contributed by atoms with E-state index in [1.54, 1.807) is 0 Å². The molecule has 6 aromatic carbocycles. The molecule has 8 rings (SSSR count). The van der Waals surface area contributed by atoms with Crippen LogP contribution in [0, 0.1) is 0 Å². The van der Waals surface area contributed by atoms with Gasteiger partial charge in [-0.2, -0.15) is 0 Å². The van der Waals surface area contributed by atoms with E-state index in [-0.39, 0.29) is 0 Å². The summed E-state index contributed by atoms with van der Waals surface area (Å²) in [7, 11) is 0. The molecule has 1 aromatic heterocycles. The summed E-state index contributed by atoms with van der Waals surface area (Å²) in [4.78, 5) is 0. The minimum absolute atomic E-state index is 0.903. The molecule has 0 unspecified atom stereocenters. The van der Waals surface area contributed by atoms with E-state index in [2.05, 4.69) is 120 Å². The lowest BCUT2D eigenvalue weighted by atomic mass is 9.94. The number of ether oxygens (including phenoxy) is 1. The van der Waals surface area contributed by atoms with E-state index in [9.17, 15) is 0 Å². The second kappa shape index (κ2) is 6.49. The van der Waals surface area contributed by atoms with Gasteiger partial charge in [0.15, 0.2) is 0 Å². The van der Waals surface area contributed by atoms with Crippen LogP contribution in [-0.2, 0) is 0 Å². The predicted molar refractivity (Wildman–Crippen MR) is 141 cm³/mol. The number of para-hydroxylation sites is 1. The summed E-state index contributed by atoms with van der Waals surface area (Å²) in [6.45, 7) is 0. The van der Waals surface area contributed by atoms with E-state index in [1.165, 1.54) is 48.9 Å². The van der Waals surface area contributed by atoms with Gasteiger partial charge < -0.3 is 9.30 Å². The lowest BCUT2D eigenvalue weighted by Gasteiger charge is -2.22. The summed E-state index contributed by atoms with van der Waals surface area (Å²) in [5.74, 6) is 1.83. The summed E-state index contributed by atoms with van der Waals surface area (Å²) in [5, 5.41) is 7.44. The molecule has 0 radical (unpaired) electrons. The highest BCUT2D eigenvalue weighted by Gasteiger charge is 2.21. The number of benzene rings is 6. The van der Waals surface area contributed by atoms with Crippen LogP contribution in [-0.4, -0.2) is 4.57 Å². The van der Waals surface area contributed by atoms with Crippen molar-refractivity contribution in [1.29, 1.82) is 0 Å². The third-order valence-corrected chi connectivity index (χ3v) is 7.16. The Morgan fingerprint density at radius 1 is 0.500 bits per heavy atom. The predicted octanol–water partition coefficient (Wildman–Crippen LogP) is 8.86. The Morgan fingerprint density at radius 2 is 1.29 bits per heavy atom. The molecular formula is C32H19NO. The van der Waals surface area contributed by atoms with E-state index in [1.807, 2.05) is 0 Å². The minimum atomic E-state index is 0.903. The molecule has 0 spiro atoms. The van der Waals surface area contributed by atoms with Crippen molar-refractivity contribution >= 4 is 43.4 Å². The molecule has 34 heavy (non-hydrogen) atoms. The van der Waals surface area contributed by atoms with Gasteiger partial charge in [-0.1, -0.05) is 84.9 Å². The fraction of sp³-hybridized carbons (Fsp3) is 0. The number of fused-ring (bicyclic) bond motifs is 7. The average Bonchev–Trinajstić information content (AvgIpc) is 3.24. The summed E-state index contributed by atoms with van der Waals surface area (Å²) < 4.78 is 8.77. The van der Waals surface area contributed by atoms with Crippen molar-refractivity contribution in [1.82, 2.24) is 4.57 Å². The molecule has 2 heterocycles. The van der Waals surface area contributed by atoms with Gasteiger partial charge in [0.1, 0.15) is 11.5 Å². The van der Waals surface area contributed by atoms with E-state index < -0.39 is 0 Å². The van der Waals surface area contributed by atoms with Gasteiger partial charge in [-0.05, 0) is 46.7 Å². The summed E-state index contributed by atoms with van der Waals surface area (Å²) in [6, 6.07) is 41.2. The number of hydrogen-bond donors (Lipinski definition) is 0. The monoisotopic (exact) mass is 433 g/mol. The van der Waals surface area contributed by atoms with Gasteiger partial charge >= 0.3 is 0 Å². The number of rotatable bonds is 1. The van der Waals surface area contributed by atoms with Crippen molar-refractivity contribution in [3.8, 4) is 28.3 Å². The normalized spacial score (nSPS) is 12.4. The second-order valence-corrected chi connectivity index (χ2v) is 8.98. The lowest BCUT2D eigenvalue weighted by molar-refractivity contribution is 0.487. The lowest BCUT2D eigenvalue weighted by Crippen LogP contribution is -2.00. The average molecular weight is 434 g/mol. The van der Waals surface area contributed by atoms with Crippen molar-refractivity contribution in [2.45, 2.75) is 0 Å². The molecule has 7 aromatic rings. The van der Waals surface area contributed by atoms with Gasteiger partial charge in [0.2, 0.25) is 0 Å². The largest absolute Gasteiger partial charge is 0.456 e. The smallest absolute Gasteiger partial charge is 0.135 e. The van der Waals surface area contributed by atoms with Gasteiger partial charge in [0.05, 0.1) is 11.0 Å². The molecule has 0 saturated carbocycles. The maximum atomic E-state index is 6.36. The fourth-order valence-electron chi connectivity index (χ4n) is 5.69. The van der Waals surface area contributed by atoms with E-state index in [0.29, 0.717) is 0 Å². The van der Waals surface area contributed by atoms with Crippen molar-refractivity contribution < 1.29 is 4.74 Å². The van der Waals surface area contributed by atoms with Crippen molar-refractivity contribution in [3.05, 3.63) is 115 Å². The van der Waals surface area contributed by atoms with Crippen molar-refractivity contribution in [3.63, 3.8) is 0 Å². The SMILES string of the molecule is c1cc2c3c(cccc3c1)-c1cc(-n3c4ccccc4c4ccc5ccccc5c43)ccc1O2. The highest BCUT2D eigenvalue weighted by molar-refractivity contribution is 6.18. The van der Waals surface area contributed by atoms with E-state index >= 15 is 0 Å². The molecular weight excluding hydrogens is 414 g/mol. The Kier molecular flexibility index (Phi) is 3.42. The van der Waals surface area contributed by atoms with Gasteiger partial charge in [0.25, 0.3) is 0 Å². The van der Waals surface area contributed by atoms with E-state index in [4.69, 9.17) is 4.74 Å². The van der Waals surface area contributed by atoms with Crippen LogP contribution in [0.5, 0.6) is 11.5 Å². The van der Waals surface area contributed by atoms with Gasteiger partial charge in [0, 0.05) is 32.8 Å². The Morgan fingerprint density at radius 3 is 2.24 bits per heavy atom. The summed E-state index contributed by atoms with van der Waals surface area (Å²) in [5.41, 5.74) is 5.95. The Hall–Kier alpha value is -4.56. The molecule has 2 heteroatoms. The number of nitrogens with zero attached hydrogens (tertiary/aromatic N) is 1. The zero-order valence-electron chi connectivity index (χ0n) is 18.3. The van der Waals surface area contributed by atoms with Crippen LogP contribution in [0.4, 0.5) is 0 Å². The Labute approximate surface area is 196 Å². The summed E-state index contributed by atoms with van der Waals surface area (Å²) in [6.07, 6.45) is 0. The first kappa shape index (κ1) is 17.9. The topological polar surface area (TPSA) is 14.2 Å². The molecule has 0 bridgehead atoms. The highest BCUT2D eigenvalue weighted by Crippen LogP contribution is 2.47. The first-order chi connectivity index (χ1) is 16.9. The van der Waals surface area contributed by atoms with E-state index in [0.717, 1.165) is 22.7 Å². The molecule has 1 aliphatic heterocycles. The van der Waals surface area contributed by atoms with Crippen LogP contribution in [0.3, 0.4) is 0 Å². The number of aromatic nitrogens is 1. The molecule has 2 nitrogen and oxygen atoms in total. The fourth-order valence-corrected chi connectivity index (χ4v) is 5.69. The Bertz CT molecular complexity index is 1940. The molecule has 0 N–H and O–H groups in total. The third kappa shape index (κ3) is 2.29. The van der Waals surface area contributed by atoms with Gasteiger partial charge in [-0.25, -0.2) is 0 Å². The van der Waals surface area contributed by atoms with Crippen LogP contribution in [0.2, 0.25) is 0 Å². The Balaban J connectivity index is 1.50. The molecule has 0 aliphatic carbocycles. The molecule has 1 aliphatic rings. The first-order valence-electron chi connectivity index (χ1n) is 11.6. The van der Waals surface area contributed by atoms with Crippen molar-refractivity contribution in [2.24, 2.45) is 0 Å². The van der Waals surface area contributed by atoms with Crippen LogP contribution in [0.1, 0.15) is 0 Å². The molecule has 0 fully saturated rings. The van der Waals surface area contributed by atoms with Gasteiger partial charge in [-0.3, -0.25) is 0 Å². The maximum Gasteiger partial charge on any atom is 0.135 e. The van der Waals surface area contributed by atoms with Crippen LogP contribution in [0.15, 0.2) is 115 Å². The van der Waals surface area contributed by atoms with Crippen LogP contribution >= 0.6 is 0 Å². The van der Waals surface area contributed by atoms with Crippen LogP contribution < -0.4 is 4.74 Å². The molecule has 158 valence electrons. The third-order valence-electron chi connectivity index (χ3n) is 7.16. The zero-order valence-corrected chi connectivity index (χ0v) is 18.3. The molecule has 0 atom stereocenters. The molecule has 0 amide bonds. The standard InChI is InChI=1S/C32H19NO/c1-2-10-23-20(7-1)15-17-26-24-11-3-4-13-28(24)33(32(23)26)22-16-18-29-27(19-22)25-12-5-8-21-9-6-14-30(34-29)31(21)25/h1-19H. The second-order valence-electron chi connectivity index (χ2n) is 8.98. The quantitative estimate of drug-likeness (QED) is 0.252. The maximum absolute atomic E-state index is 6.36. The van der Waals surface area contributed by atoms with Crippen molar-refractivity contribution in [2.75, 3.05) is 0 Å². The first-order valence-corrected chi connectivity index (χ1v) is 11.6. The minimum Gasteiger partial charge on any atom is -0.456 e. The number of hydrogen-bond acceptors (Lipinski definition) is 1. The molecule has 0 saturated heterocycles. The zero-order chi connectivity index (χ0) is 22.2. The van der Waals surface area contributed by atoms with Gasteiger partial charge in [-0.15, -0.1) is 0 Å². The van der Waals surface area contributed by atoms with Crippen LogP contribution in [0.25, 0.3) is 60.2 Å². The highest BCUT2D eigenvalue weighted by atomic mass is 16.5.